The molecule has 19 heavy (non-hydrogen) atoms. The number of nitrogens with one attached hydrogen (secondary N) is 1. The zero-order chi connectivity index (χ0) is 14.3. The molecule has 0 aliphatic carbocycles. The maximum atomic E-state index is 11.7. The van der Waals surface area contributed by atoms with Crippen LogP contribution in [0, 0.1) is 0 Å². The lowest BCUT2D eigenvalue weighted by atomic mass is 10.2. The molecule has 1 rings (SSSR count). The molecule has 0 aliphatic heterocycles. The summed E-state index contributed by atoms with van der Waals surface area (Å²) in [5, 5.41) is 2.75. The fourth-order valence-corrected chi connectivity index (χ4v) is 1.63. The highest BCUT2D eigenvalue weighted by Gasteiger charge is 2.10. The number of nitrogens with two attached hydrogens (primary N) is 1. The molecule has 0 saturated heterocycles. The average molecular weight is 267 g/mol. The Bertz CT molecular complexity index is 424. The predicted octanol–water partition coefficient (Wildman–Crippen LogP) is 0.476. The van der Waals surface area contributed by atoms with Gasteiger partial charge >= 0.3 is 0 Å². The van der Waals surface area contributed by atoms with Gasteiger partial charge in [0.25, 0.3) is 0 Å². The van der Waals surface area contributed by atoms with Crippen LogP contribution in [0.25, 0.3) is 0 Å². The first kappa shape index (κ1) is 15.1. The molecule has 0 fully saturated rings. The summed E-state index contributed by atoms with van der Waals surface area (Å²) < 4.78 is 10.0. The molecule has 0 unspecified atom stereocenters. The van der Waals surface area contributed by atoms with Crippen LogP contribution in [0.2, 0.25) is 0 Å². The van der Waals surface area contributed by atoms with Gasteiger partial charge in [-0.15, -0.1) is 0 Å². The number of hydrogen-bond acceptors (Lipinski definition) is 5. The third-order valence-electron chi connectivity index (χ3n) is 2.66. The van der Waals surface area contributed by atoms with E-state index in [-0.39, 0.29) is 12.5 Å². The molecule has 1 aromatic carbocycles. The third-order valence-corrected chi connectivity index (χ3v) is 2.66. The summed E-state index contributed by atoms with van der Waals surface area (Å²) in [6, 6.07) is 5.34. The van der Waals surface area contributed by atoms with Gasteiger partial charge in [-0.1, -0.05) is 0 Å². The Hall–Kier alpha value is -1.95. The Balaban J connectivity index is 2.61. The molecule has 6 nitrogen and oxygen atoms in total. The predicted molar refractivity (Wildman–Crippen MR) is 75.6 cm³/mol. The topological polar surface area (TPSA) is 76.8 Å². The average Bonchev–Trinajstić information content (AvgIpc) is 2.39. The number of ether oxygens (including phenoxy) is 2. The van der Waals surface area contributed by atoms with Gasteiger partial charge < -0.3 is 25.4 Å². The zero-order valence-electron chi connectivity index (χ0n) is 11.6. The largest absolute Gasteiger partial charge is 0.497 e. The molecule has 106 valence electrons. The number of nitrogens with zero attached hydrogens (tertiary/aromatic N) is 1. The number of methoxy groups -OCH3 is 2. The minimum atomic E-state index is -0.0817. The molecule has 6 heteroatoms. The van der Waals surface area contributed by atoms with E-state index in [0.717, 1.165) is 5.69 Å². The number of hydrogen-bond donors (Lipinski definition) is 2. The van der Waals surface area contributed by atoms with Gasteiger partial charge in [0.05, 0.1) is 31.6 Å². The standard InChI is InChI=1S/C13H21N3O3/c1-16(9-13(17)15-6-7-18-2)12-8-10(19-3)4-5-11(12)14/h4-5,8H,6-7,9,14H2,1-3H3,(H,15,17). The highest BCUT2D eigenvalue weighted by atomic mass is 16.5. The fraction of sp³-hybridized carbons (Fsp3) is 0.462. The number of nitrogen functional groups attached to an aromatic ring is 1. The number of benzene rings is 1. The first-order valence-corrected chi connectivity index (χ1v) is 5.98. The highest BCUT2D eigenvalue weighted by molar-refractivity contribution is 5.83. The van der Waals surface area contributed by atoms with Crippen molar-refractivity contribution in [2.24, 2.45) is 0 Å². The maximum absolute atomic E-state index is 11.7. The SMILES string of the molecule is COCCNC(=O)CN(C)c1cc(OC)ccc1N. The van der Waals surface area contributed by atoms with Crippen LogP contribution in [0.15, 0.2) is 18.2 Å². The third kappa shape index (κ3) is 4.67. The summed E-state index contributed by atoms with van der Waals surface area (Å²) in [6.07, 6.45) is 0. The Kier molecular flexibility index (Phi) is 5.95. The molecule has 1 amide bonds. The van der Waals surface area contributed by atoms with Gasteiger partial charge in [-0.05, 0) is 12.1 Å². The number of amides is 1. The second kappa shape index (κ2) is 7.48. The lowest BCUT2D eigenvalue weighted by Crippen LogP contribution is -2.36. The molecule has 0 atom stereocenters. The molecule has 0 aromatic heterocycles. The summed E-state index contributed by atoms with van der Waals surface area (Å²) in [5.41, 5.74) is 7.26. The summed E-state index contributed by atoms with van der Waals surface area (Å²) in [5.74, 6) is 0.623. The molecule has 0 spiro atoms. The van der Waals surface area contributed by atoms with Crippen molar-refractivity contribution in [3.05, 3.63) is 18.2 Å². The van der Waals surface area contributed by atoms with Gasteiger partial charge in [0, 0.05) is 26.8 Å². The monoisotopic (exact) mass is 267 g/mol. The lowest BCUT2D eigenvalue weighted by Gasteiger charge is -2.21. The van der Waals surface area contributed by atoms with Gasteiger partial charge in [-0.3, -0.25) is 4.79 Å². The molecular weight excluding hydrogens is 246 g/mol. The first-order chi connectivity index (χ1) is 9.08. The molecule has 0 heterocycles. The molecule has 3 N–H and O–H groups in total. The smallest absolute Gasteiger partial charge is 0.239 e. The van der Waals surface area contributed by atoms with Gasteiger partial charge in [0.15, 0.2) is 0 Å². The van der Waals surface area contributed by atoms with E-state index < -0.39 is 0 Å². The number of likely N-dealkylation sites (N-methyl/N-ethyl adjacent to an activating group) is 1. The van der Waals surface area contributed by atoms with Crippen LogP contribution >= 0.6 is 0 Å². The Morgan fingerprint density at radius 1 is 1.42 bits per heavy atom. The number of carbonyl (C=O) groups excluding carboxylic acids is 1. The van der Waals surface area contributed by atoms with Gasteiger partial charge in [-0.25, -0.2) is 0 Å². The summed E-state index contributed by atoms with van der Waals surface area (Å²) >= 11 is 0. The molecular formula is C13H21N3O3. The number of rotatable bonds is 7. The van der Waals surface area contributed by atoms with E-state index in [4.69, 9.17) is 15.2 Å². The van der Waals surface area contributed by atoms with Gasteiger partial charge in [-0.2, -0.15) is 0 Å². The summed E-state index contributed by atoms with van der Waals surface area (Å²) in [7, 11) is 4.99. The Morgan fingerprint density at radius 3 is 2.79 bits per heavy atom. The first-order valence-electron chi connectivity index (χ1n) is 5.98. The van der Waals surface area contributed by atoms with Crippen molar-refractivity contribution in [3.8, 4) is 5.75 Å². The van der Waals surface area contributed by atoms with Crippen molar-refractivity contribution in [3.63, 3.8) is 0 Å². The Morgan fingerprint density at radius 2 is 2.16 bits per heavy atom. The maximum Gasteiger partial charge on any atom is 0.239 e. The van der Waals surface area contributed by atoms with Crippen LogP contribution in [0.1, 0.15) is 0 Å². The highest BCUT2D eigenvalue weighted by Crippen LogP contribution is 2.26. The second-order valence-electron chi connectivity index (χ2n) is 4.12. The van der Waals surface area contributed by atoms with E-state index in [0.29, 0.717) is 24.6 Å². The molecule has 0 saturated carbocycles. The normalized spacial score (nSPS) is 10.1. The van der Waals surface area contributed by atoms with E-state index in [1.807, 2.05) is 0 Å². The van der Waals surface area contributed by atoms with Crippen molar-refractivity contribution >= 4 is 17.3 Å². The number of anilines is 2. The number of carbonyl (C=O) groups is 1. The van der Waals surface area contributed by atoms with Crippen molar-refractivity contribution in [1.29, 1.82) is 0 Å². The fourth-order valence-electron chi connectivity index (χ4n) is 1.63. The van der Waals surface area contributed by atoms with Crippen molar-refractivity contribution in [2.45, 2.75) is 0 Å². The minimum Gasteiger partial charge on any atom is -0.497 e. The van der Waals surface area contributed by atoms with E-state index in [9.17, 15) is 4.79 Å². The van der Waals surface area contributed by atoms with Crippen LogP contribution in [0.5, 0.6) is 5.75 Å². The van der Waals surface area contributed by atoms with Gasteiger partial charge in [0.1, 0.15) is 5.75 Å². The van der Waals surface area contributed by atoms with Gasteiger partial charge in [0.2, 0.25) is 5.91 Å². The van der Waals surface area contributed by atoms with Crippen molar-refractivity contribution in [2.75, 3.05) is 51.6 Å². The van der Waals surface area contributed by atoms with E-state index >= 15 is 0 Å². The quantitative estimate of drug-likeness (QED) is 0.555. The van der Waals surface area contributed by atoms with E-state index in [1.54, 1.807) is 44.4 Å². The van der Waals surface area contributed by atoms with Crippen molar-refractivity contribution in [1.82, 2.24) is 5.32 Å². The molecule has 0 radical (unpaired) electrons. The van der Waals surface area contributed by atoms with E-state index in [2.05, 4.69) is 5.32 Å². The molecule has 0 aliphatic rings. The lowest BCUT2D eigenvalue weighted by molar-refractivity contribution is -0.119. The zero-order valence-corrected chi connectivity index (χ0v) is 11.6. The van der Waals surface area contributed by atoms with Crippen LogP contribution < -0.4 is 20.7 Å². The minimum absolute atomic E-state index is 0.0817. The summed E-state index contributed by atoms with van der Waals surface area (Å²) in [4.78, 5) is 13.5. The molecule has 0 bridgehead atoms. The summed E-state index contributed by atoms with van der Waals surface area (Å²) in [6.45, 7) is 1.22. The van der Waals surface area contributed by atoms with E-state index in [1.165, 1.54) is 0 Å². The second-order valence-corrected chi connectivity index (χ2v) is 4.12. The van der Waals surface area contributed by atoms with Crippen LogP contribution in [0.3, 0.4) is 0 Å². The Labute approximate surface area is 113 Å². The van der Waals surface area contributed by atoms with Crippen LogP contribution in [-0.4, -0.2) is 46.9 Å². The molecule has 1 aromatic rings. The van der Waals surface area contributed by atoms with Crippen molar-refractivity contribution < 1.29 is 14.3 Å². The van der Waals surface area contributed by atoms with Crippen LogP contribution in [-0.2, 0) is 9.53 Å². The van der Waals surface area contributed by atoms with Crippen LogP contribution in [0.4, 0.5) is 11.4 Å².